The van der Waals surface area contributed by atoms with Crippen molar-refractivity contribution < 1.29 is 28.5 Å². The van der Waals surface area contributed by atoms with Crippen LogP contribution in [0.25, 0.3) is 0 Å². The van der Waals surface area contributed by atoms with E-state index in [4.69, 9.17) is 18.9 Å². The van der Waals surface area contributed by atoms with Crippen molar-refractivity contribution in [3.05, 3.63) is 0 Å². The van der Waals surface area contributed by atoms with Crippen LogP contribution in [0.5, 0.6) is 0 Å². The van der Waals surface area contributed by atoms with Gasteiger partial charge in [0.2, 0.25) is 6.29 Å². The number of rotatable bonds is 4. The summed E-state index contributed by atoms with van der Waals surface area (Å²) < 4.78 is 21.3. The Balaban J connectivity index is 2.75. The van der Waals surface area contributed by atoms with E-state index in [0.29, 0.717) is 0 Å². The van der Waals surface area contributed by atoms with E-state index in [0.717, 1.165) is 0 Å². The molecular weight excluding hydrogens is 252 g/mol. The monoisotopic (exact) mass is 274 g/mol. The lowest BCUT2D eigenvalue weighted by Crippen LogP contribution is -2.52. The average molecular weight is 274 g/mol. The second-order valence-corrected chi connectivity index (χ2v) is 4.87. The number of carbonyl (C=O) groups is 2. The van der Waals surface area contributed by atoms with E-state index in [2.05, 4.69) is 0 Å². The van der Waals surface area contributed by atoms with Crippen LogP contribution >= 0.6 is 0 Å². The van der Waals surface area contributed by atoms with Gasteiger partial charge < -0.3 is 18.9 Å². The van der Waals surface area contributed by atoms with Crippen LogP contribution < -0.4 is 0 Å². The van der Waals surface area contributed by atoms with Crippen molar-refractivity contribution in [2.24, 2.45) is 11.8 Å². The Morgan fingerprint density at radius 3 is 2.21 bits per heavy atom. The number of hydrogen-bond donors (Lipinski definition) is 0. The highest BCUT2D eigenvalue weighted by Gasteiger charge is 2.43. The number of esters is 2. The molecule has 1 rings (SSSR count). The molecule has 19 heavy (non-hydrogen) atoms. The Kier molecular flexibility index (Phi) is 5.75. The summed E-state index contributed by atoms with van der Waals surface area (Å²) in [5.41, 5.74) is 0. The zero-order valence-corrected chi connectivity index (χ0v) is 12.0. The Hall–Kier alpha value is -1.14. The molecule has 0 spiro atoms. The molecule has 0 bridgehead atoms. The molecule has 0 radical (unpaired) electrons. The van der Waals surface area contributed by atoms with Gasteiger partial charge in [0.15, 0.2) is 0 Å². The highest BCUT2D eigenvalue weighted by atomic mass is 16.7. The first kappa shape index (κ1) is 15.9. The molecule has 0 aromatic rings. The van der Waals surface area contributed by atoms with Crippen LogP contribution in [-0.4, -0.2) is 44.2 Å². The van der Waals surface area contributed by atoms with Crippen LogP contribution in [0.4, 0.5) is 0 Å². The van der Waals surface area contributed by atoms with E-state index in [9.17, 15) is 9.59 Å². The van der Waals surface area contributed by atoms with Gasteiger partial charge >= 0.3 is 11.9 Å². The third-order valence-corrected chi connectivity index (χ3v) is 3.37. The molecule has 0 saturated carbocycles. The van der Waals surface area contributed by atoms with E-state index in [1.54, 1.807) is 7.11 Å². The topological polar surface area (TPSA) is 71.1 Å². The van der Waals surface area contributed by atoms with Gasteiger partial charge in [-0.3, -0.25) is 9.59 Å². The molecule has 1 fully saturated rings. The fourth-order valence-corrected chi connectivity index (χ4v) is 2.38. The van der Waals surface area contributed by atoms with Gasteiger partial charge in [-0.05, 0) is 0 Å². The van der Waals surface area contributed by atoms with E-state index >= 15 is 0 Å². The van der Waals surface area contributed by atoms with Crippen LogP contribution in [-0.2, 0) is 28.5 Å². The zero-order valence-electron chi connectivity index (χ0n) is 12.0. The van der Waals surface area contributed by atoms with Crippen molar-refractivity contribution in [2.75, 3.05) is 13.7 Å². The largest absolute Gasteiger partial charge is 0.463 e. The fraction of sp³-hybridized carbons (Fsp3) is 0.846. The molecule has 1 aliphatic heterocycles. The first-order chi connectivity index (χ1) is 8.86. The normalized spacial score (nSPS) is 34.7. The summed E-state index contributed by atoms with van der Waals surface area (Å²) in [7, 11) is 1.61. The zero-order chi connectivity index (χ0) is 14.6. The maximum Gasteiger partial charge on any atom is 0.304 e. The molecule has 110 valence electrons. The minimum absolute atomic E-state index is 0.0335. The standard InChI is InChI=1S/C13H22O6/c1-7-11(6-17-9(3)14)19-13(18-10(4)15)8(2)12(7)16-5/h7-8,11-13H,6H2,1-5H3/t7-,8?,11?,12+,13+/m0/s1. The van der Waals surface area contributed by atoms with Crippen molar-refractivity contribution in [3.63, 3.8) is 0 Å². The summed E-state index contributed by atoms with van der Waals surface area (Å²) in [6.07, 6.45) is -1.16. The molecule has 1 heterocycles. The molecule has 0 aliphatic carbocycles. The Morgan fingerprint density at radius 1 is 1.11 bits per heavy atom. The number of methoxy groups -OCH3 is 1. The third-order valence-electron chi connectivity index (χ3n) is 3.37. The van der Waals surface area contributed by atoms with Crippen LogP contribution in [0.3, 0.4) is 0 Å². The van der Waals surface area contributed by atoms with Crippen LogP contribution in [0.2, 0.25) is 0 Å². The quantitative estimate of drug-likeness (QED) is 0.716. The van der Waals surface area contributed by atoms with Crippen molar-refractivity contribution >= 4 is 11.9 Å². The number of carbonyl (C=O) groups excluding carboxylic acids is 2. The highest BCUT2D eigenvalue weighted by Crippen LogP contribution is 2.32. The van der Waals surface area contributed by atoms with Crippen molar-refractivity contribution in [1.29, 1.82) is 0 Å². The molecule has 1 saturated heterocycles. The fourth-order valence-electron chi connectivity index (χ4n) is 2.38. The Morgan fingerprint density at radius 2 is 1.74 bits per heavy atom. The smallest absolute Gasteiger partial charge is 0.304 e. The molecule has 0 aromatic carbocycles. The van der Waals surface area contributed by atoms with Crippen LogP contribution in [0.15, 0.2) is 0 Å². The minimum Gasteiger partial charge on any atom is -0.463 e. The first-order valence-corrected chi connectivity index (χ1v) is 6.35. The van der Waals surface area contributed by atoms with Crippen LogP contribution in [0, 0.1) is 11.8 Å². The van der Waals surface area contributed by atoms with Gasteiger partial charge in [0, 0.05) is 32.8 Å². The van der Waals surface area contributed by atoms with Gasteiger partial charge in [-0.25, -0.2) is 0 Å². The molecule has 5 atom stereocenters. The minimum atomic E-state index is -0.681. The van der Waals surface area contributed by atoms with Gasteiger partial charge in [-0.1, -0.05) is 13.8 Å². The van der Waals surface area contributed by atoms with Crippen LogP contribution in [0.1, 0.15) is 27.7 Å². The molecule has 6 nitrogen and oxygen atoms in total. The summed E-state index contributed by atoms with van der Waals surface area (Å²) in [6.45, 7) is 6.66. The molecule has 0 amide bonds. The maximum absolute atomic E-state index is 11.1. The van der Waals surface area contributed by atoms with Gasteiger partial charge in [-0.2, -0.15) is 0 Å². The van der Waals surface area contributed by atoms with E-state index < -0.39 is 12.3 Å². The number of ether oxygens (including phenoxy) is 4. The molecule has 0 N–H and O–H groups in total. The van der Waals surface area contributed by atoms with Crippen molar-refractivity contribution in [3.8, 4) is 0 Å². The lowest BCUT2D eigenvalue weighted by molar-refractivity contribution is -0.263. The van der Waals surface area contributed by atoms with Gasteiger partial charge in [0.1, 0.15) is 12.7 Å². The predicted octanol–water partition coefficient (Wildman–Crippen LogP) is 1.12. The second kappa shape index (κ2) is 6.86. The van der Waals surface area contributed by atoms with Gasteiger partial charge in [0.05, 0.1) is 6.10 Å². The molecular formula is C13H22O6. The van der Waals surface area contributed by atoms with E-state index in [-0.39, 0.29) is 36.6 Å². The summed E-state index contributed by atoms with van der Waals surface area (Å²) in [6, 6.07) is 0. The lowest BCUT2D eigenvalue weighted by Gasteiger charge is -2.43. The predicted molar refractivity (Wildman–Crippen MR) is 66.2 cm³/mol. The average Bonchev–Trinajstić information content (AvgIpc) is 2.31. The SMILES string of the molecule is CO[C@H]1C(C)[C@H](OC(C)=O)OC(COC(C)=O)[C@@H]1C. The third kappa shape index (κ3) is 4.18. The summed E-state index contributed by atoms with van der Waals surface area (Å²) in [5.74, 6) is -0.830. The van der Waals surface area contributed by atoms with E-state index in [1.807, 2.05) is 13.8 Å². The molecule has 0 aromatic heterocycles. The number of hydrogen-bond acceptors (Lipinski definition) is 6. The summed E-state index contributed by atoms with van der Waals surface area (Å²) in [5, 5.41) is 0. The Labute approximate surface area is 113 Å². The molecule has 6 heteroatoms. The maximum atomic E-state index is 11.1. The summed E-state index contributed by atoms with van der Waals surface area (Å²) in [4.78, 5) is 22.0. The molecule has 1 aliphatic rings. The summed E-state index contributed by atoms with van der Waals surface area (Å²) >= 11 is 0. The van der Waals surface area contributed by atoms with E-state index in [1.165, 1.54) is 13.8 Å². The lowest BCUT2D eigenvalue weighted by atomic mass is 9.86. The molecule has 2 unspecified atom stereocenters. The first-order valence-electron chi connectivity index (χ1n) is 6.35. The highest BCUT2D eigenvalue weighted by molar-refractivity contribution is 5.66. The Bertz CT molecular complexity index is 329. The second-order valence-electron chi connectivity index (χ2n) is 4.87. The van der Waals surface area contributed by atoms with Crippen molar-refractivity contribution in [2.45, 2.75) is 46.2 Å². The van der Waals surface area contributed by atoms with Gasteiger partial charge in [-0.15, -0.1) is 0 Å². The van der Waals surface area contributed by atoms with Crippen molar-refractivity contribution in [1.82, 2.24) is 0 Å². The van der Waals surface area contributed by atoms with Gasteiger partial charge in [0.25, 0.3) is 0 Å².